The third-order valence-electron chi connectivity index (χ3n) is 4.19. The summed E-state index contributed by atoms with van der Waals surface area (Å²) in [6.07, 6.45) is 8.56. The van der Waals surface area contributed by atoms with Crippen LogP contribution in [0.1, 0.15) is 46.9 Å². The van der Waals surface area contributed by atoms with E-state index in [9.17, 15) is 4.79 Å². The molecule has 25 heavy (non-hydrogen) atoms. The van der Waals surface area contributed by atoms with Crippen molar-refractivity contribution < 1.29 is 4.79 Å². The van der Waals surface area contributed by atoms with Crippen LogP contribution in [0.3, 0.4) is 0 Å². The molecular formula is C16H24N6OS2. The number of carbonyl (C=O) groups excluding carboxylic acids is 1. The molecule has 0 saturated carbocycles. The van der Waals surface area contributed by atoms with E-state index in [1.54, 1.807) is 34.0 Å². The number of aryl methyl sites for hydroxylation is 1. The van der Waals surface area contributed by atoms with Gasteiger partial charge in [0.25, 0.3) is 5.91 Å². The number of carbonyl (C=O) groups is 1. The Morgan fingerprint density at radius 3 is 3.24 bits per heavy atom. The molecule has 0 aliphatic carbocycles. The molecule has 1 fully saturated rings. The molecule has 9 heteroatoms. The Labute approximate surface area is 156 Å². The minimum atomic E-state index is -0.207. The molecule has 1 atom stereocenters. The topological polar surface area (TPSA) is 84.7 Å². The molecule has 3 heterocycles. The monoisotopic (exact) mass is 380 g/mol. The summed E-state index contributed by atoms with van der Waals surface area (Å²) in [6.45, 7) is 2.30. The van der Waals surface area contributed by atoms with Gasteiger partial charge in [-0.05, 0) is 32.1 Å². The Hall–Kier alpha value is -1.45. The summed E-state index contributed by atoms with van der Waals surface area (Å²) in [4.78, 5) is 16.7. The van der Waals surface area contributed by atoms with E-state index >= 15 is 0 Å². The van der Waals surface area contributed by atoms with Crippen LogP contribution in [0.15, 0.2) is 11.6 Å². The van der Waals surface area contributed by atoms with Crippen LogP contribution in [0.2, 0.25) is 0 Å². The molecule has 0 spiro atoms. The van der Waals surface area contributed by atoms with E-state index in [2.05, 4.69) is 32.2 Å². The third kappa shape index (κ3) is 5.52. The van der Waals surface area contributed by atoms with Crippen molar-refractivity contribution >= 4 is 29.0 Å². The van der Waals surface area contributed by atoms with Gasteiger partial charge in [0.15, 0.2) is 5.69 Å². The first-order valence-corrected chi connectivity index (χ1v) is 10.9. The zero-order valence-corrected chi connectivity index (χ0v) is 16.0. The second-order valence-electron chi connectivity index (χ2n) is 6.15. The summed E-state index contributed by atoms with van der Waals surface area (Å²) >= 11 is 3.37. The van der Waals surface area contributed by atoms with Gasteiger partial charge in [-0.3, -0.25) is 9.48 Å². The van der Waals surface area contributed by atoms with Crippen LogP contribution in [-0.2, 0) is 18.8 Å². The molecule has 7 nitrogen and oxygen atoms in total. The predicted molar refractivity (Wildman–Crippen MR) is 101 cm³/mol. The van der Waals surface area contributed by atoms with Gasteiger partial charge in [0.2, 0.25) is 0 Å². The number of hydrogen-bond acceptors (Lipinski definition) is 7. The van der Waals surface area contributed by atoms with Gasteiger partial charge in [-0.25, -0.2) is 4.98 Å². The van der Waals surface area contributed by atoms with E-state index in [4.69, 9.17) is 0 Å². The molecule has 1 aliphatic rings. The van der Waals surface area contributed by atoms with Crippen LogP contribution in [0, 0.1) is 0 Å². The van der Waals surface area contributed by atoms with Crippen molar-refractivity contribution in [1.29, 1.82) is 0 Å². The summed E-state index contributed by atoms with van der Waals surface area (Å²) < 4.78 is 1.75. The van der Waals surface area contributed by atoms with Crippen molar-refractivity contribution in [3.05, 3.63) is 28.0 Å². The predicted octanol–water partition coefficient (Wildman–Crippen LogP) is 2.06. The van der Waals surface area contributed by atoms with E-state index in [1.165, 1.54) is 19.3 Å². The fraction of sp³-hybridized carbons (Fsp3) is 0.625. The number of nitrogens with zero attached hydrogens (tertiary/aromatic N) is 4. The average Bonchev–Trinajstić information content (AvgIpc) is 3.29. The van der Waals surface area contributed by atoms with Crippen LogP contribution in [0.4, 0.5) is 0 Å². The molecule has 1 aliphatic heterocycles. The van der Waals surface area contributed by atoms with Gasteiger partial charge in [0.05, 0.1) is 18.4 Å². The first kappa shape index (κ1) is 18.3. The van der Waals surface area contributed by atoms with Crippen LogP contribution in [0.5, 0.6) is 0 Å². The molecule has 2 aromatic rings. The van der Waals surface area contributed by atoms with E-state index in [-0.39, 0.29) is 5.91 Å². The van der Waals surface area contributed by atoms with Crippen molar-refractivity contribution in [1.82, 2.24) is 30.6 Å². The lowest BCUT2D eigenvalue weighted by Crippen LogP contribution is -2.34. The molecule has 2 N–H and O–H groups in total. The minimum absolute atomic E-state index is 0.207. The number of hydrogen-bond donors (Lipinski definition) is 2. The summed E-state index contributed by atoms with van der Waals surface area (Å²) in [5, 5.41) is 17.5. The van der Waals surface area contributed by atoms with Gasteiger partial charge in [-0.1, -0.05) is 11.6 Å². The summed E-state index contributed by atoms with van der Waals surface area (Å²) in [5.41, 5.74) is 1.24. The van der Waals surface area contributed by atoms with Gasteiger partial charge < -0.3 is 10.6 Å². The highest BCUT2D eigenvalue weighted by molar-refractivity contribution is 7.97. The lowest BCUT2D eigenvalue weighted by Gasteiger charge is -2.23. The Balaban J connectivity index is 1.44. The standard InChI is InChI=1S/C16H24N6OS2/c1-24-11-15-19-13(10-25-15)8-18-16(23)14-9-22(21-20-14)7-5-12-4-2-3-6-17-12/h9-10,12,17H,2-8,11H2,1H3,(H,18,23)/t12-/m0/s1. The molecule has 0 unspecified atom stereocenters. The first-order chi connectivity index (χ1) is 12.2. The highest BCUT2D eigenvalue weighted by atomic mass is 32.2. The number of amides is 1. The molecular weight excluding hydrogens is 356 g/mol. The van der Waals surface area contributed by atoms with Gasteiger partial charge in [-0.15, -0.1) is 16.4 Å². The highest BCUT2D eigenvalue weighted by Crippen LogP contribution is 2.15. The van der Waals surface area contributed by atoms with Crippen molar-refractivity contribution in [3.8, 4) is 0 Å². The quantitative estimate of drug-likeness (QED) is 0.729. The number of rotatable bonds is 8. The SMILES string of the molecule is CSCc1nc(CNC(=O)c2cn(CC[C@@H]3CCCCN3)nn2)cs1. The number of nitrogens with one attached hydrogen (secondary N) is 2. The molecule has 3 rings (SSSR count). The van der Waals surface area contributed by atoms with Gasteiger partial charge in [0.1, 0.15) is 5.01 Å². The Bertz CT molecular complexity index is 680. The van der Waals surface area contributed by atoms with Crippen molar-refractivity contribution in [3.63, 3.8) is 0 Å². The maximum Gasteiger partial charge on any atom is 0.273 e. The summed E-state index contributed by atoms with van der Waals surface area (Å²) in [7, 11) is 0. The zero-order valence-electron chi connectivity index (χ0n) is 14.4. The molecule has 1 saturated heterocycles. The van der Waals surface area contributed by atoms with Crippen LogP contribution < -0.4 is 10.6 Å². The second kappa shape index (κ2) is 9.30. The van der Waals surface area contributed by atoms with Crippen molar-refractivity contribution in [2.24, 2.45) is 0 Å². The zero-order chi connectivity index (χ0) is 17.5. The van der Waals surface area contributed by atoms with Gasteiger partial charge in [-0.2, -0.15) is 11.8 Å². The number of thioether (sulfide) groups is 1. The van der Waals surface area contributed by atoms with Crippen molar-refractivity contribution in [2.75, 3.05) is 12.8 Å². The molecule has 1 amide bonds. The lowest BCUT2D eigenvalue weighted by atomic mass is 10.0. The van der Waals surface area contributed by atoms with Gasteiger partial charge >= 0.3 is 0 Å². The van der Waals surface area contributed by atoms with E-state index in [1.807, 2.05) is 5.38 Å². The average molecular weight is 381 g/mol. The maximum absolute atomic E-state index is 12.2. The molecule has 0 radical (unpaired) electrons. The Kier molecular flexibility index (Phi) is 6.83. The Morgan fingerprint density at radius 2 is 2.44 bits per heavy atom. The fourth-order valence-corrected chi connectivity index (χ4v) is 4.37. The molecule has 136 valence electrons. The molecule has 2 aromatic heterocycles. The van der Waals surface area contributed by atoms with Gasteiger partial charge in [0, 0.05) is 23.7 Å². The van der Waals surface area contributed by atoms with Crippen LogP contribution in [0.25, 0.3) is 0 Å². The van der Waals surface area contributed by atoms with E-state index in [0.717, 1.165) is 36.0 Å². The lowest BCUT2D eigenvalue weighted by molar-refractivity contribution is 0.0945. The van der Waals surface area contributed by atoms with Crippen LogP contribution in [-0.4, -0.2) is 44.7 Å². The van der Waals surface area contributed by atoms with E-state index in [0.29, 0.717) is 18.3 Å². The number of piperidine rings is 1. The smallest absolute Gasteiger partial charge is 0.273 e. The number of aromatic nitrogens is 4. The highest BCUT2D eigenvalue weighted by Gasteiger charge is 2.14. The minimum Gasteiger partial charge on any atom is -0.345 e. The van der Waals surface area contributed by atoms with E-state index < -0.39 is 0 Å². The maximum atomic E-state index is 12.2. The third-order valence-corrected chi connectivity index (χ3v) is 5.83. The van der Waals surface area contributed by atoms with Crippen LogP contribution >= 0.6 is 23.1 Å². The summed E-state index contributed by atoms with van der Waals surface area (Å²) in [6, 6.07) is 0.551. The largest absolute Gasteiger partial charge is 0.345 e. The van der Waals surface area contributed by atoms with Crippen molar-refractivity contribution in [2.45, 2.75) is 50.6 Å². The summed E-state index contributed by atoms with van der Waals surface area (Å²) in [5.74, 6) is 0.699. The molecule has 0 bridgehead atoms. The number of thiazole rings is 1. The Morgan fingerprint density at radius 1 is 1.52 bits per heavy atom. The molecule has 0 aromatic carbocycles. The second-order valence-corrected chi connectivity index (χ2v) is 7.96. The fourth-order valence-electron chi connectivity index (χ4n) is 2.85. The normalized spacial score (nSPS) is 17.6. The first-order valence-electron chi connectivity index (χ1n) is 8.58.